The summed E-state index contributed by atoms with van der Waals surface area (Å²) in [7, 11) is -4.55. The van der Waals surface area contributed by atoms with Crippen LogP contribution in [0.25, 0.3) is 0 Å². The van der Waals surface area contributed by atoms with Gasteiger partial charge in [-0.3, -0.25) is 4.79 Å². The second-order valence-corrected chi connectivity index (χ2v) is 9.85. The molecule has 4 aliphatic rings. The Kier molecular flexibility index (Phi) is 5.81. The number of thiol groups is 1. The van der Waals surface area contributed by atoms with Crippen molar-refractivity contribution in [3.8, 4) is 0 Å². The Bertz CT molecular complexity index is 604. The molecule has 0 heterocycles. The van der Waals surface area contributed by atoms with Gasteiger partial charge in [-0.05, 0) is 74.5 Å². The second-order valence-electron chi connectivity index (χ2n) is 8.77. The summed E-state index contributed by atoms with van der Waals surface area (Å²) in [5, 5.41) is -5.06. The molecule has 4 saturated carbocycles. The number of hydrogen-bond donors (Lipinski definition) is 1. The molecule has 0 saturated heterocycles. The van der Waals surface area contributed by atoms with Crippen LogP contribution in [0.3, 0.4) is 0 Å². The van der Waals surface area contributed by atoms with Crippen molar-refractivity contribution in [3.05, 3.63) is 0 Å². The fourth-order valence-corrected chi connectivity index (χ4v) is 6.16. The number of halogens is 4. The van der Waals surface area contributed by atoms with E-state index in [4.69, 9.17) is 4.74 Å². The number of unbranched alkanes of at least 4 members (excludes halogenated alkanes) is 1. The Morgan fingerprint density at radius 3 is 1.96 bits per heavy atom. The maximum atomic E-state index is 13.3. The van der Waals surface area contributed by atoms with E-state index in [-0.39, 0.29) is 30.8 Å². The molecule has 0 aromatic carbocycles. The second kappa shape index (κ2) is 7.52. The topological polar surface area (TPSA) is 60.4 Å². The lowest BCUT2D eigenvalue weighted by atomic mass is 9.49. The highest BCUT2D eigenvalue weighted by Gasteiger charge is 2.58. The van der Waals surface area contributed by atoms with Crippen molar-refractivity contribution >= 4 is 16.7 Å². The molecule has 156 valence electrons. The fraction of sp³-hybridized carbons (Fsp3) is 0.944. The first-order valence-electron chi connectivity index (χ1n) is 9.59. The first-order chi connectivity index (χ1) is 12.5. The van der Waals surface area contributed by atoms with Crippen molar-refractivity contribution in [2.45, 2.75) is 75.4 Å². The molecule has 0 aromatic rings. The van der Waals surface area contributed by atoms with Gasteiger partial charge in [-0.1, -0.05) is 0 Å². The van der Waals surface area contributed by atoms with Gasteiger partial charge in [-0.25, -0.2) is 8.42 Å². The quantitative estimate of drug-likeness (QED) is 0.267. The Labute approximate surface area is 158 Å². The standard InChI is InChI=1S/C18H26F4O4S/c19-17(20,18(21,22)27(24)25)3-1-2-4-26-15(23)11-16-8-12-5-13(9-16)7-14(6-12)10-16/h12-14,27H,1-11H2. The molecule has 0 aliphatic heterocycles. The van der Waals surface area contributed by atoms with Gasteiger partial charge in [0.05, 0.1) is 13.0 Å². The van der Waals surface area contributed by atoms with Crippen molar-refractivity contribution in [1.82, 2.24) is 0 Å². The minimum Gasteiger partial charge on any atom is -0.466 e. The lowest BCUT2D eigenvalue weighted by molar-refractivity contribution is -0.160. The molecule has 0 radical (unpaired) electrons. The van der Waals surface area contributed by atoms with Gasteiger partial charge in [-0.15, -0.1) is 0 Å². The van der Waals surface area contributed by atoms with Gasteiger partial charge in [0.15, 0.2) is 0 Å². The summed E-state index contributed by atoms with van der Waals surface area (Å²) in [6, 6.07) is 0. The van der Waals surface area contributed by atoms with Crippen LogP contribution in [0.4, 0.5) is 17.6 Å². The van der Waals surface area contributed by atoms with Gasteiger partial charge in [0.25, 0.3) is 0 Å². The van der Waals surface area contributed by atoms with Crippen LogP contribution in [0.2, 0.25) is 0 Å². The third-order valence-electron chi connectivity index (χ3n) is 6.50. The third-order valence-corrected chi connectivity index (χ3v) is 7.29. The van der Waals surface area contributed by atoms with Crippen LogP contribution in [-0.2, 0) is 20.2 Å². The molecule has 0 atom stereocenters. The van der Waals surface area contributed by atoms with Crippen LogP contribution in [0.1, 0.15) is 64.2 Å². The van der Waals surface area contributed by atoms with E-state index < -0.39 is 28.3 Å². The van der Waals surface area contributed by atoms with Gasteiger partial charge in [0.2, 0.25) is 10.7 Å². The summed E-state index contributed by atoms with van der Waals surface area (Å²) in [6.07, 6.45) is 5.70. The zero-order valence-corrected chi connectivity index (χ0v) is 16.0. The van der Waals surface area contributed by atoms with Gasteiger partial charge in [0, 0.05) is 6.42 Å². The van der Waals surface area contributed by atoms with Crippen molar-refractivity contribution in [3.63, 3.8) is 0 Å². The first kappa shape index (κ1) is 20.9. The smallest absolute Gasteiger partial charge is 0.404 e. The summed E-state index contributed by atoms with van der Waals surface area (Å²) in [5.41, 5.74) is 0.0281. The average molecular weight is 414 g/mol. The van der Waals surface area contributed by atoms with Crippen molar-refractivity contribution in [2.24, 2.45) is 23.2 Å². The van der Waals surface area contributed by atoms with Crippen LogP contribution >= 0.6 is 0 Å². The van der Waals surface area contributed by atoms with Crippen molar-refractivity contribution in [2.75, 3.05) is 6.61 Å². The molecule has 0 unspecified atom stereocenters. The predicted octanol–water partition coefficient (Wildman–Crippen LogP) is 4.15. The third kappa shape index (κ3) is 4.43. The summed E-state index contributed by atoms with van der Waals surface area (Å²) in [6.45, 7) is -0.115. The molecule has 4 nitrogen and oxygen atoms in total. The minimum absolute atomic E-state index is 0.00603. The molecule has 4 rings (SSSR count). The van der Waals surface area contributed by atoms with Gasteiger partial charge in [-0.2, -0.15) is 17.6 Å². The SMILES string of the molecule is O=C(CC12CC3CC(CC(C3)C1)C2)OCCCCC(F)(F)C(F)(F)[SH](=O)=O. The van der Waals surface area contributed by atoms with Crippen LogP contribution < -0.4 is 0 Å². The normalized spacial score (nSPS) is 32.9. The first-order valence-corrected chi connectivity index (χ1v) is 10.8. The lowest BCUT2D eigenvalue weighted by Gasteiger charge is -2.56. The number of ether oxygens (including phenoxy) is 1. The zero-order chi connectivity index (χ0) is 19.9. The molecule has 0 N–H and O–H groups in total. The number of alkyl halides is 4. The number of carbonyl (C=O) groups excluding carboxylic acids is 1. The van der Waals surface area contributed by atoms with E-state index in [2.05, 4.69) is 0 Å². The van der Waals surface area contributed by atoms with E-state index in [1.165, 1.54) is 19.3 Å². The van der Waals surface area contributed by atoms with E-state index in [9.17, 15) is 30.8 Å². The van der Waals surface area contributed by atoms with Crippen LogP contribution in [0, 0.1) is 23.2 Å². The summed E-state index contributed by atoms with van der Waals surface area (Å²) < 4.78 is 78.2. The Morgan fingerprint density at radius 1 is 0.963 bits per heavy atom. The van der Waals surface area contributed by atoms with Crippen LogP contribution in [-0.4, -0.2) is 32.2 Å². The number of carbonyl (C=O) groups is 1. The van der Waals surface area contributed by atoms with E-state index >= 15 is 0 Å². The van der Waals surface area contributed by atoms with Crippen LogP contribution in [0.5, 0.6) is 0 Å². The van der Waals surface area contributed by atoms with Gasteiger partial charge < -0.3 is 4.74 Å². The maximum Gasteiger partial charge on any atom is 0.404 e. The molecule has 0 amide bonds. The van der Waals surface area contributed by atoms with E-state index in [1.54, 1.807) is 0 Å². The summed E-state index contributed by atoms with van der Waals surface area (Å²) in [4.78, 5) is 12.2. The van der Waals surface area contributed by atoms with Crippen LogP contribution in [0.15, 0.2) is 0 Å². The minimum atomic E-state index is -5.06. The highest BCUT2D eigenvalue weighted by Crippen LogP contribution is 2.61. The van der Waals surface area contributed by atoms with E-state index in [0.29, 0.717) is 24.2 Å². The molecule has 0 spiro atoms. The largest absolute Gasteiger partial charge is 0.466 e. The fourth-order valence-electron chi connectivity index (χ4n) is 5.78. The summed E-state index contributed by atoms with van der Waals surface area (Å²) >= 11 is 0. The monoisotopic (exact) mass is 414 g/mol. The Morgan fingerprint density at radius 2 is 1.48 bits per heavy atom. The molecule has 27 heavy (non-hydrogen) atoms. The zero-order valence-electron chi connectivity index (χ0n) is 15.1. The van der Waals surface area contributed by atoms with Crippen molar-refractivity contribution in [1.29, 1.82) is 0 Å². The number of rotatable bonds is 9. The molecule has 0 aromatic heterocycles. The highest BCUT2D eigenvalue weighted by atomic mass is 32.2. The molecule has 4 fully saturated rings. The molecular weight excluding hydrogens is 388 g/mol. The number of esters is 1. The van der Waals surface area contributed by atoms with Gasteiger partial charge >= 0.3 is 17.1 Å². The van der Waals surface area contributed by atoms with E-state index in [1.807, 2.05) is 0 Å². The predicted molar refractivity (Wildman–Crippen MR) is 90.2 cm³/mol. The Balaban J connectivity index is 1.38. The highest BCUT2D eigenvalue weighted by molar-refractivity contribution is 7.73. The lowest BCUT2D eigenvalue weighted by Crippen LogP contribution is -2.47. The molecule has 4 aliphatic carbocycles. The summed E-state index contributed by atoms with van der Waals surface area (Å²) in [5.74, 6) is -2.84. The Hall–Kier alpha value is -0.860. The van der Waals surface area contributed by atoms with E-state index in [0.717, 1.165) is 19.3 Å². The average Bonchev–Trinajstić information content (AvgIpc) is 2.52. The number of hydrogen-bond acceptors (Lipinski definition) is 4. The molecule has 9 heteroatoms. The van der Waals surface area contributed by atoms with Crippen molar-refractivity contribution < 1.29 is 35.5 Å². The molecular formula is C18H26F4O4S. The maximum absolute atomic E-state index is 13.3. The van der Waals surface area contributed by atoms with Gasteiger partial charge in [0.1, 0.15) is 0 Å². The molecule has 4 bridgehead atoms.